The van der Waals surface area contributed by atoms with Crippen molar-refractivity contribution in [2.75, 3.05) is 0 Å². The Morgan fingerprint density at radius 2 is 2.00 bits per heavy atom. The normalized spacial score (nSPS) is 44.0. The minimum Gasteiger partial charge on any atom is -0.462 e. The fourth-order valence-electron chi connectivity index (χ4n) is 3.51. The van der Waals surface area contributed by atoms with Gasteiger partial charge >= 0.3 is 5.97 Å². The Kier molecular flexibility index (Phi) is 1.96. The second kappa shape index (κ2) is 2.74. The first kappa shape index (κ1) is 10.0. The van der Waals surface area contributed by atoms with Gasteiger partial charge in [0.1, 0.15) is 6.10 Å². The van der Waals surface area contributed by atoms with Crippen LogP contribution in [-0.2, 0) is 9.53 Å². The van der Waals surface area contributed by atoms with Gasteiger partial charge in [-0.2, -0.15) is 0 Å². The quantitative estimate of drug-likeness (QED) is 0.603. The molecule has 14 heavy (non-hydrogen) atoms. The summed E-state index contributed by atoms with van der Waals surface area (Å²) in [5, 5.41) is 0. The maximum atomic E-state index is 11.0. The lowest BCUT2D eigenvalue weighted by atomic mass is 9.70. The third-order valence-electron chi connectivity index (χ3n) is 5.02. The highest BCUT2D eigenvalue weighted by molar-refractivity contribution is 5.66. The lowest BCUT2D eigenvalue weighted by Crippen LogP contribution is -2.37. The molecule has 2 saturated carbocycles. The van der Waals surface area contributed by atoms with E-state index in [4.69, 9.17) is 4.74 Å². The molecule has 2 rings (SSSR count). The van der Waals surface area contributed by atoms with Crippen LogP contribution in [0.25, 0.3) is 0 Å². The summed E-state index contributed by atoms with van der Waals surface area (Å²) in [6, 6.07) is 0. The average molecular weight is 196 g/mol. The number of carbonyl (C=O) groups is 1. The summed E-state index contributed by atoms with van der Waals surface area (Å²) in [5.41, 5.74) is 0.552. The highest BCUT2D eigenvalue weighted by atomic mass is 16.5. The summed E-state index contributed by atoms with van der Waals surface area (Å²) >= 11 is 0. The second-order valence-corrected chi connectivity index (χ2v) is 5.71. The molecule has 2 heteroatoms. The molecule has 80 valence electrons. The molecule has 0 aliphatic heterocycles. The van der Waals surface area contributed by atoms with E-state index in [1.807, 2.05) is 0 Å². The molecule has 0 amide bonds. The Morgan fingerprint density at radius 1 is 1.36 bits per heavy atom. The number of esters is 1. The average Bonchev–Trinajstić information content (AvgIpc) is 2.35. The van der Waals surface area contributed by atoms with Crippen molar-refractivity contribution in [3.05, 3.63) is 0 Å². The fraction of sp³-hybridized carbons (Fsp3) is 0.917. The van der Waals surface area contributed by atoms with E-state index < -0.39 is 0 Å². The molecule has 0 aromatic carbocycles. The van der Waals surface area contributed by atoms with E-state index in [1.54, 1.807) is 0 Å². The lowest BCUT2D eigenvalue weighted by Gasteiger charge is -2.38. The molecular formula is C12H20O2. The smallest absolute Gasteiger partial charge is 0.302 e. The van der Waals surface area contributed by atoms with Gasteiger partial charge in [-0.05, 0) is 30.6 Å². The van der Waals surface area contributed by atoms with Crippen LogP contribution in [0.1, 0.15) is 47.0 Å². The minimum atomic E-state index is -0.125. The summed E-state index contributed by atoms with van der Waals surface area (Å²) in [4.78, 5) is 11.0. The maximum absolute atomic E-state index is 11.0. The Morgan fingerprint density at radius 3 is 2.36 bits per heavy atom. The molecule has 2 fully saturated rings. The van der Waals surface area contributed by atoms with Gasteiger partial charge in [-0.3, -0.25) is 4.79 Å². The molecule has 2 aliphatic carbocycles. The van der Waals surface area contributed by atoms with Gasteiger partial charge in [-0.1, -0.05) is 20.8 Å². The number of fused-ring (bicyclic) bond motifs is 2. The molecule has 2 aliphatic rings. The van der Waals surface area contributed by atoms with Crippen molar-refractivity contribution in [1.82, 2.24) is 0 Å². The molecule has 0 aromatic heterocycles. The summed E-state index contributed by atoms with van der Waals surface area (Å²) in [6.07, 6.45) is 3.75. The molecule has 0 spiro atoms. The van der Waals surface area contributed by atoms with Crippen LogP contribution in [0.15, 0.2) is 0 Å². The Bertz CT molecular complexity index is 269. The number of hydrogen-bond acceptors (Lipinski definition) is 2. The van der Waals surface area contributed by atoms with E-state index in [0.29, 0.717) is 5.41 Å². The molecule has 3 atom stereocenters. The van der Waals surface area contributed by atoms with Crippen LogP contribution in [0.4, 0.5) is 0 Å². The number of rotatable bonds is 1. The van der Waals surface area contributed by atoms with Crippen molar-refractivity contribution in [3.63, 3.8) is 0 Å². The van der Waals surface area contributed by atoms with Gasteiger partial charge in [0.05, 0.1) is 0 Å². The predicted molar refractivity (Wildman–Crippen MR) is 54.8 cm³/mol. The van der Waals surface area contributed by atoms with Crippen molar-refractivity contribution < 1.29 is 9.53 Å². The summed E-state index contributed by atoms with van der Waals surface area (Å²) < 4.78 is 5.44. The standard InChI is InChI=1S/C12H20O2/c1-8(13)14-10-7-9-5-6-12(10,4)11(9,2)3/h9-10H,5-7H2,1-4H3/t9?,10-,12+/m1/s1. The van der Waals surface area contributed by atoms with E-state index >= 15 is 0 Å². The van der Waals surface area contributed by atoms with E-state index in [0.717, 1.165) is 12.3 Å². The topological polar surface area (TPSA) is 26.3 Å². The van der Waals surface area contributed by atoms with Gasteiger partial charge in [0.2, 0.25) is 0 Å². The van der Waals surface area contributed by atoms with Crippen LogP contribution in [-0.4, -0.2) is 12.1 Å². The van der Waals surface area contributed by atoms with Crippen LogP contribution in [0, 0.1) is 16.7 Å². The van der Waals surface area contributed by atoms with Crippen molar-refractivity contribution in [2.45, 2.75) is 53.1 Å². The van der Waals surface area contributed by atoms with Gasteiger partial charge in [0.25, 0.3) is 0 Å². The first-order chi connectivity index (χ1) is 6.38. The van der Waals surface area contributed by atoms with E-state index in [9.17, 15) is 4.79 Å². The van der Waals surface area contributed by atoms with E-state index in [2.05, 4.69) is 20.8 Å². The molecule has 2 nitrogen and oxygen atoms in total. The first-order valence-corrected chi connectivity index (χ1v) is 5.55. The SMILES string of the molecule is CC(=O)O[C@@H]1CC2CC[C@]1(C)C2(C)C. The zero-order chi connectivity index (χ0) is 10.6. The second-order valence-electron chi connectivity index (χ2n) is 5.71. The van der Waals surface area contributed by atoms with Crippen LogP contribution < -0.4 is 0 Å². The Labute approximate surface area is 86.0 Å². The zero-order valence-electron chi connectivity index (χ0n) is 9.59. The molecule has 0 N–H and O–H groups in total. The Hall–Kier alpha value is -0.530. The minimum absolute atomic E-state index is 0.125. The molecule has 0 radical (unpaired) electrons. The number of ether oxygens (including phenoxy) is 1. The monoisotopic (exact) mass is 196 g/mol. The molecular weight excluding hydrogens is 176 g/mol. The fourth-order valence-corrected chi connectivity index (χ4v) is 3.51. The summed E-state index contributed by atoms with van der Waals surface area (Å²) in [7, 11) is 0. The van der Waals surface area contributed by atoms with Crippen molar-refractivity contribution in [1.29, 1.82) is 0 Å². The molecule has 1 unspecified atom stereocenters. The predicted octanol–water partition coefficient (Wildman–Crippen LogP) is 2.76. The van der Waals surface area contributed by atoms with Crippen LogP contribution in [0.2, 0.25) is 0 Å². The molecule has 0 aromatic rings. The highest BCUT2D eigenvalue weighted by Crippen LogP contribution is 2.66. The third kappa shape index (κ3) is 1.06. The first-order valence-electron chi connectivity index (χ1n) is 5.55. The molecule has 0 saturated heterocycles. The van der Waals surface area contributed by atoms with Crippen LogP contribution >= 0.6 is 0 Å². The Balaban J connectivity index is 2.23. The third-order valence-corrected chi connectivity index (χ3v) is 5.02. The van der Waals surface area contributed by atoms with Gasteiger partial charge < -0.3 is 4.74 Å². The van der Waals surface area contributed by atoms with Gasteiger partial charge in [-0.25, -0.2) is 0 Å². The zero-order valence-corrected chi connectivity index (χ0v) is 9.59. The molecule has 0 heterocycles. The van der Waals surface area contributed by atoms with Crippen LogP contribution in [0.3, 0.4) is 0 Å². The molecule has 2 bridgehead atoms. The summed E-state index contributed by atoms with van der Waals surface area (Å²) in [6.45, 7) is 8.46. The van der Waals surface area contributed by atoms with E-state index in [1.165, 1.54) is 19.8 Å². The highest BCUT2D eigenvalue weighted by Gasteiger charge is 2.62. The number of hydrogen-bond donors (Lipinski definition) is 0. The van der Waals surface area contributed by atoms with Crippen molar-refractivity contribution >= 4 is 5.97 Å². The van der Waals surface area contributed by atoms with Crippen molar-refractivity contribution in [3.8, 4) is 0 Å². The van der Waals surface area contributed by atoms with Crippen LogP contribution in [0.5, 0.6) is 0 Å². The van der Waals surface area contributed by atoms with Crippen molar-refractivity contribution in [2.24, 2.45) is 16.7 Å². The maximum Gasteiger partial charge on any atom is 0.302 e. The van der Waals surface area contributed by atoms with Gasteiger partial charge in [-0.15, -0.1) is 0 Å². The lowest BCUT2D eigenvalue weighted by molar-refractivity contribution is -0.154. The van der Waals surface area contributed by atoms with Gasteiger partial charge in [0.15, 0.2) is 0 Å². The van der Waals surface area contributed by atoms with Gasteiger partial charge in [0, 0.05) is 12.3 Å². The largest absolute Gasteiger partial charge is 0.462 e. The summed E-state index contributed by atoms with van der Waals surface area (Å²) in [5.74, 6) is 0.622. The van der Waals surface area contributed by atoms with E-state index in [-0.39, 0.29) is 17.5 Å². The number of carbonyl (C=O) groups excluding carboxylic acids is 1.